The molecule has 0 fully saturated rings. The lowest BCUT2D eigenvalue weighted by Gasteiger charge is -2.21. The molecule has 0 bridgehead atoms. The summed E-state index contributed by atoms with van der Waals surface area (Å²) in [6.45, 7) is 4.17. The molecule has 0 saturated heterocycles. The Morgan fingerprint density at radius 1 is 0.556 bits per heavy atom. The Morgan fingerprint density at radius 2 is 0.933 bits per heavy atom. The Balaban J connectivity index is 3.64. The molecule has 5 nitrogen and oxygen atoms in total. The van der Waals surface area contributed by atoms with E-state index in [0.29, 0.717) is 6.42 Å². The van der Waals surface area contributed by atoms with Crippen molar-refractivity contribution >= 4 is 5.91 Å². The van der Waals surface area contributed by atoms with Gasteiger partial charge in [-0.3, -0.25) is 4.79 Å². The SMILES string of the molecule is CCCCCCCCC/C=C/C(O)C(CO)NC(=O)CC(O)CCCCCCC/C=C\CCCCCCCCCCCCCC. The van der Waals surface area contributed by atoms with Crippen LogP contribution in [-0.2, 0) is 4.79 Å². The van der Waals surface area contributed by atoms with Crippen molar-refractivity contribution in [1.82, 2.24) is 5.32 Å². The van der Waals surface area contributed by atoms with Gasteiger partial charge >= 0.3 is 0 Å². The number of unbranched alkanes of at least 4 members (excludes halogenated alkanes) is 24. The summed E-state index contributed by atoms with van der Waals surface area (Å²) in [6, 6.07) is -0.742. The first kappa shape index (κ1) is 43.8. The van der Waals surface area contributed by atoms with Gasteiger partial charge in [-0.25, -0.2) is 0 Å². The molecule has 5 heteroatoms. The number of carbonyl (C=O) groups excluding carboxylic acids is 1. The normalized spacial score (nSPS) is 14.0. The molecule has 4 N–H and O–H groups in total. The number of nitrogens with one attached hydrogen (secondary N) is 1. The van der Waals surface area contributed by atoms with Crippen molar-refractivity contribution in [3.8, 4) is 0 Å². The van der Waals surface area contributed by atoms with Crippen LogP contribution in [0.5, 0.6) is 0 Å². The van der Waals surface area contributed by atoms with Gasteiger partial charge in [0, 0.05) is 0 Å². The van der Waals surface area contributed by atoms with Gasteiger partial charge in [0.1, 0.15) is 0 Å². The number of allylic oxidation sites excluding steroid dienone is 3. The minimum absolute atomic E-state index is 0.00888. The van der Waals surface area contributed by atoms with Crippen LogP contribution in [0.15, 0.2) is 24.3 Å². The summed E-state index contributed by atoms with van der Waals surface area (Å²) in [5.74, 6) is -0.323. The van der Waals surface area contributed by atoms with Crippen molar-refractivity contribution in [1.29, 1.82) is 0 Å². The van der Waals surface area contributed by atoms with Crippen molar-refractivity contribution < 1.29 is 20.1 Å². The third-order valence-corrected chi connectivity index (χ3v) is 8.98. The fourth-order valence-electron chi connectivity index (χ4n) is 5.92. The van der Waals surface area contributed by atoms with E-state index in [4.69, 9.17) is 0 Å². The van der Waals surface area contributed by atoms with Crippen LogP contribution in [0.2, 0.25) is 0 Å². The summed E-state index contributed by atoms with van der Waals surface area (Å²) in [6.07, 6.45) is 41.8. The minimum atomic E-state index is -0.926. The van der Waals surface area contributed by atoms with E-state index in [2.05, 4.69) is 31.3 Å². The standard InChI is InChI=1S/C40H77NO4/c1-3-5-7-9-11-13-14-15-16-17-18-19-20-21-22-23-24-26-27-29-31-33-37(43)35-40(45)41-38(36-42)39(44)34-32-30-28-25-12-10-8-6-4-2/h21-22,32,34,37-39,42-44H,3-20,23-31,33,35-36H2,1-2H3,(H,41,45)/b22-21-,34-32+. The van der Waals surface area contributed by atoms with Crippen LogP contribution >= 0.6 is 0 Å². The van der Waals surface area contributed by atoms with E-state index in [1.54, 1.807) is 6.08 Å². The Labute approximate surface area is 280 Å². The molecular formula is C40H77NO4. The van der Waals surface area contributed by atoms with Crippen LogP contribution < -0.4 is 5.32 Å². The van der Waals surface area contributed by atoms with E-state index >= 15 is 0 Å². The van der Waals surface area contributed by atoms with Crippen LogP contribution in [0.3, 0.4) is 0 Å². The molecule has 1 amide bonds. The van der Waals surface area contributed by atoms with Gasteiger partial charge in [0.2, 0.25) is 5.91 Å². The molecular weight excluding hydrogens is 558 g/mol. The number of hydrogen-bond donors (Lipinski definition) is 4. The average molecular weight is 636 g/mol. The number of rotatable bonds is 35. The lowest BCUT2D eigenvalue weighted by atomic mass is 10.0. The molecule has 0 spiro atoms. The van der Waals surface area contributed by atoms with Crippen molar-refractivity contribution in [2.45, 2.75) is 218 Å². The highest BCUT2D eigenvalue weighted by Crippen LogP contribution is 2.14. The van der Waals surface area contributed by atoms with E-state index in [1.807, 2.05) is 6.08 Å². The van der Waals surface area contributed by atoms with Gasteiger partial charge in [-0.05, 0) is 44.9 Å². The minimum Gasteiger partial charge on any atom is -0.394 e. The van der Waals surface area contributed by atoms with Gasteiger partial charge in [0.15, 0.2) is 0 Å². The van der Waals surface area contributed by atoms with Crippen molar-refractivity contribution in [3.05, 3.63) is 24.3 Å². The zero-order chi connectivity index (χ0) is 33.1. The molecule has 0 aromatic rings. The molecule has 0 heterocycles. The maximum atomic E-state index is 12.3. The van der Waals surface area contributed by atoms with Crippen molar-refractivity contribution in [2.75, 3.05) is 6.61 Å². The van der Waals surface area contributed by atoms with Gasteiger partial charge in [-0.15, -0.1) is 0 Å². The summed E-state index contributed by atoms with van der Waals surface area (Å²) in [4.78, 5) is 12.3. The summed E-state index contributed by atoms with van der Waals surface area (Å²) in [5, 5.41) is 33.0. The highest BCUT2D eigenvalue weighted by atomic mass is 16.3. The molecule has 0 aromatic carbocycles. The Morgan fingerprint density at radius 3 is 1.36 bits per heavy atom. The summed E-state index contributed by atoms with van der Waals surface area (Å²) in [5.41, 5.74) is 0. The molecule has 0 aliphatic rings. The number of aliphatic hydroxyl groups is 3. The van der Waals surface area contributed by atoms with Crippen molar-refractivity contribution in [3.63, 3.8) is 0 Å². The van der Waals surface area contributed by atoms with Crippen LogP contribution in [0.25, 0.3) is 0 Å². The summed E-state index contributed by atoms with van der Waals surface area (Å²) >= 11 is 0. The molecule has 0 saturated carbocycles. The monoisotopic (exact) mass is 636 g/mol. The second-order valence-electron chi connectivity index (χ2n) is 13.5. The van der Waals surface area contributed by atoms with E-state index < -0.39 is 18.2 Å². The second kappa shape index (κ2) is 35.7. The largest absolute Gasteiger partial charge is 0.394 e. The van der Waals surface area contributed by atoms with Crippen LogP contribution in [0, 0.1) is 0 Å². The molecule has 0 radical (unpaired) electrons. The molecule has 0 aliphatic heterocycles. The maximum absolute atomic E-state index is 12.3. The van der Waals surface area contributed by atoms with Gasteiger partial charge in [0.05, 0.1) is 31.3 Å². The van der Waals surface area contributed by atoms with Crippen molar-refractivity contribution in [2.24, 2.45) is 0 Å². The third kappa shape index (κ3) is 32.6. The second-order valence-corrected chi connectivity index (χ2v) is 13.5. The van der Waals surface area contributed by atoms with Crippen LogP contribution in [0.4, 0.5) is 0 Å². The van der Waals surface area contributed by atoms with Gasteiger partial charge in [0.25, 0.3) is 0 Å². The quantitative estimate of drug-likeness (QED) is 0.0412. The first-order valence-electron chi connectivity index (χ1n) is 19.6. The molecule has 0 aromatic heterocycles. The molecule has 3 unspecified atom stereocenters. The highest BCUT2D eigenvalue weighted by Gasteiger charge is 2.20. The molecule has 3 atom stereocenters. The zero-order valence-electron chi connectivity index (χ0n) is 30.0. The molecule has 0 aliphatic carbocycles. The van der Waals surface area contributed by atoms with Crippen LogP contribution in [-0.4, -0.2) is 46.1 Å². The fourth-order valence-corrected chi connectivity index (χ4v) is 5.92. The van der Waals surface area contributed by atoms with E-state index in [1.165, 1.54) is 135 Å². The number of hydrogen-bond acceptors (Lipinski definition) is 4. The summed E-state index contributed by atoms with van der Waals surface area (Å²) in [7, 11) is 0. The highest BCUT2D eigenvalue weighted by molar-refractivity contribution is 5.76. The predicted octanol–water partition coefficient (Wildman–Crippen LogP) is 10.7. The smallest absolute Gasteiger partial charge is 0.222 e. The maximum Gasteiger partial charge on any atom is 0.222 e. The van der Waals surface area contributed by atoms with Crippen LogP contribution in [0.1, 0.15) is 200 Å². The molecule has 266 valence electrons. The lowest BCUT2D eigenvalue weighted by molar-refractivity contribution is -0.124. The van der Waals surface area contributed by atoms with Gasteiger partial charge in [-0.2, -0.15) is 0 Å². The fraction of sp³-hybridized carbons (Fsp3) is 0.875. The first-order valence-corrected chi connectivity index (χ1v) is 19.6. The topological polar surface area (TPSA) is 89.8 Å². The number of aliphatic hydroxyl groups excluding tert-OH is 3. The Hall–Kier alpha value is -1.17. The lowest BCUT2D eigenvalue weighted by Crippen LogP contribution is -2.45. The summed E-state index contributed by atoms with van der Waals surface area (Å²) < 4.78 is 0. The number of amides is 1. The average Bonchev–Trinajstić information content (AvgIpc) is 3.03. The Bertz CT molecular complexity index is 665. The van der Waals surface area contributed by atoms with Gasteiger partial charge < -0.3 is 20.6 Å². The van der Waals surface area contributed by atoms with E-state index in [0.717, 1.165) is 38.5 Å². The molecule has 0 rings (SSSR count). The van der Waals surface area contributed by atoms with Gasteiger partial charge in [-0.1, -0.05) is 173 Å². The zero-order valence-corrected chi connectivity index (χ0v) is 30.0. The third-order valence-electron chi connectivity index (χ3n) is 8.98. The first-order chi connectivity index (χ1) is 22.0. The van der Waals surface area contributed by atoms with E-state index in [9.17, 15) is 20.1 Å². The Kier molecular flexibility index (Phi) is 34.8. The molecule has 45 heavy (non-hydrogen) atoms. The number of carbonyl (C=O) groups is 1. The predicted molar refractivity (Wildman–Crippen MR) is 195 cm³/mol. The van der Waals surface area contributed by atoms with E-state index in [-0.39, 0.29) is 18.9 Å².